The van der Waals surface area contributed by atoms with Gasteiger partial charge < -0.3 is 10.5 Å². The summed E-state index contributed by atoms with van der Waals surface area (Å²) in [7, 11) is 0. The fraction of sp³-hybridized carbons (Fsp3) is 0.643. The second kappa shape index (κ2) is 8.07. The van der Waals surface area contributed by atoms with Crippen LogP contribution >= 0.6 is 0 Å². The van der Waals surface area contributed by atoms with Crippen molar-refractivity contribution in [3.63, 3.8) is 0 Å². The fourth-order valence-electron chi connectivity index (χ4n) is 1.67. The first kappa shape index (κ1) is 14.0. The summed E-state index contributed by atoms with van der Waals surface area (Å²) >= 11 is 0. The van der Waals surface area contributed by atoms with E-state index in [1.54, 1.807) is 6.20 Å². The zero-order valence-corrected chi connectivity index (χ0v) is 11.0. The number of ether oxygens (including phenoxy) is 1. The molecule has 2 N–H and O–H groups in total. The van der Waals surface area contributed by atoms with Crippen molar-refractivity contribution in [1.82, 2.24) is 4.98 Å². The highest BCUT2D eigenvalue weighted by Gasteiger charge is 2.02. The molecule has 1 rings (SSSR count). The van der Waals surface area contributed by atoms with Crippen LogP contribution in [0.4, 0.5) is 0 Å². The Morgan fingerprint density at radius 1 is 1.29 bits per heavy atom. The van der Waals surface area contributed by atoms with Gasteiger partial charge in [-0.1, -0.05) is 32.6 Å². The van der Waals surface area contributed by atoms with E-state index in [1.807, 2.05) is 19.1 Å². The largest absolute Gasteiger partial charge is 0.478 e. The molecule has 0 aliphatic rings. The number of hydrogen-bond acceptors (Lipinski definition) is 3. The lowest BCUT2D eigenvalue weighted by atomic mass is 10.1. The molecule has 0 fully saturated rings. The van der Waals surface area contributed by atoms with Gasteiger partial charge in [-0.25, -0.2) is 4.98 Å². The van der Waals surface area contributed by atoms with E-state index in [0.29, 0.717) is 5.88 Å². The second-order valence-corrected chi connectivity index (χ2v) is 4.48. The van der Waals surface area contributed by atoms with Crippen molar-refractivity contribution >= 4 is 0 Å². The fourth-order valence-corrected chi connectivity index (χ4v) is 1.67. The minimum Gasteiger partial charge on any atom is -0.478 e. The van der Waals surface area contributed by atoms with Crippen LogP contribution in [0.25, 0.3) is 0 Å². The number of nitrogens with two attached hydrogens (primary N) is 1. The molecule has 3 nitrogen and oxygen atoms in total. The maximum absolute atomic E-state index is 5.81. The Morgan fingerprint density at radius 2 is 2.06 bits per heavy atom. The van der Waals surface area contributed by atoms with E-state index in [2.05, 4.69) is 11.9 Å². The van der Waals surface area contributed by atoms with Crippen molar-refractivity contribution < 1.29 is 4.74 Å². The topological polar surface area (TPSA) is 48.1 Å². The lowest BCUT2D eigenvalue weighted by molar-refractivity contribution is 0.293. The third kappa shape index (κ3) is 5.68. The van der Waals surface area contributed by atoms with Gasteiger partial charge in [-0.2, -0.15) is 0 Å². The predicted octanol–water partition coefficient (Wildman–Crippen LogP) is 3.45. The monoisotopic (exact) mass is 236 g/mol. The lowest BCUT2D eigenvalue weighted by Gasteiger charge is -2.08. The van der Waals surface area contributed by atoms with E-state index in [1.165, 1.54) is 25.7 Å². The Hall–Kier alpha value is -1.09. The number of unbranched alkanes of at least 4 members (excludes halogenated alkanes) is 4. The van der Waals surface area contributed by atoms with Crippen LogP contribution in [0.5, 0.6) is 5.88 Å². The van der Waals surface area contributed by atoms with Gasteiger partial charge in [0.1, 0.15) is 0 Å². The molecule has 0 spiro atoms. The van der Waals surface area contributed by atoms with Crippen molar-refractivity contribution in [1.29, 1.82) is 0 Å². The van der Waals surface area contributed by atoms with Crippen molar-refractivity contribution in [3.8, 4) is 5.88 Å². The van der Waals surface area contributed by atoms with Crippen molar-refractivity contribution in [2.45, 2.75) is 52.0 Å². The van der Waals surface area contributed by atoms with Crippen LogP contribution < -0.4 is 10.5 Å². The van der Waals surface area contributed by atoms with E-state index in [0.717, 1.165) is 18.6 Å². The molecule has 0 saturated heterocycles. The number of hydrogen-bond donors (Lipinski definition) is 1. The van der Waals surface area contributed by atoms with Gasteiger partial charge in [0.05, 0.1) is 6.61 Å². The Labute approximate surface area is 104 Å². The Kier molecular flexibility index (Phi) is 6.63. The maximum atomic E-state index is 5.81. The molecule has 0 aliphatic carbocycles. The summed E-state index contributed by atoms with van der Waals surface area (Å²) in [6, 6.07) is 3.89. The molecular weight excluding hydrogens is 212 g/mol. The molecule has 1 unspecified atom stereocenters. The first-order valence-corrected chi connectivity index (χ1v) is 6.58. The first-order chi connectivity index (χ1) is 8.24. The molecule has 0 aliphatic heterocycles. The van der Waals surface area contributed by atoms with E-state index >= 15 is 0 Å². The molecule has 1 atom stereocenters. The quantitative estimate of drug-likeness (QED) is 0.703. The summed E-state index contributed by atoms with van der Waals surface area (Å²) < 4.78 is 5.61. The number of pyridine rings is 1. The van der Waals surface area contributed by atoms with Crippen LogP contribution in [-0.4, -0.2) is 11.6 Å². The lowest BCUT2D eigenvalue weighted by Crippen LogP contribution is -2.06. The highest BCUT2D eigenvalue weighted by Crippen LogP contribution is 2.15. The summed E-state index contributed by atoms with van der Waals surface area (Å²) in [5.41, 5.74) is 6.88. The minimum atomic E-state index is 0.0323. The van der Waals surface area contributed by atoms with Crippen LogP contribution in [0.3, 0.4) is 0 Å². The summed E-state index contributed by atoms with van der Waals surface area (Å²) in [5, 5.41) is 0. The van der Waals surface area contributed by atoms with Crippen LogP contribution in [-0.2, 0) is 0 Å². The van der Waals surface area contributed by atoms with Crippen molar-refractivity contribution in [2.24, 2.45) is 5.73 Å². The molecule has 0 aromatic carbocycles. The average molecular weight is 236 g/mol. The molecule has 0 radical (unpaired) electrons. The highest BCUT2D eigenvalue weighted by molar-refractivity contribution is 5.22. The normalized spacial score (nSPS) is 12.4. The van der Waals surface area contributed by atoms with Crippen molar-refractivity contribution in [3.05, 3.63) is 23.9 Å². The predicted molar refractivity (Wildman–Crippen MR) is 71.1 cm³/mol. The van der Waals surface area contributed by atoms with Gasteiger partial charge in [0, 0.05) is 18.3 Å². The SMILES string of the molecule is CCCCCCCOc1cc(C(C)N)ccn1. The molecule has 0 saturated carbocycles. The Morgan fingerprint density at radius 3 is 2.76 bits per heavy atom. The third-order valence-electron chi connectivity index (χ3n) is 2.78. The van der Waals surface area contributed by atoms with E-state index in [9.17, 15) is 0 Å². The Balaban J connectivity index is 2.24. The van der Waals surface area contributed by atoms with Crippen LogP contribution in [0.15, 0.2) is 18.3 Å². The third-order valence-corrected chi connectivity index (χ3v) is 2.78. The number of nitrogens with zero attached hydrogens (tertiary/aromatic N) is 1. The van der Waals surface area contributed by atoms with Gasteiger partial charge >= 0.3 is 0 Å². The second-order valence-electron chi connectivity index (χ2n) is 4.48. The minimum absolute atomic E-state index is 0.0323. The standard InChI is InChI=1S/C14H24N2O/c1-3-4-5-6-7-10-17-14-11-13(12(2)15)8-9-16-14/h8-9,11-12H,3-7,10,15H2,1-2H3. The molecule has 0 amide bonds. The smallest absolute Gasteiger partial charge is 0.213 e. The van der Waals surface area contributed by atoms with Gasteiger partial charge in [-0.3, -0.25) is 0 Å². The Bertz CT molecular complexity index is 313. The van der Waals surface area contributed by atoms with Gasteiger partial charge in [-0.05, 0) is 25.0 Å². The first-order valence-electron chi connectivity index (χ1n) is 6.58. The maximum Gasteiger partial charge on any atom is 0.213 e. The van der Waals surface area contributed by atoms with E-state index in [4.69, 9.17) is 10.5 Å². The average Bonchev–Trinajstić information content (AvgIpc) is 2.34. The van der Waals surface area contributed by atoms with Crippen molar-refractivity contribution in [2.75, 3.05) is 6.61 Å². The highest BCUT2D eigenvalue weighted by atomic mass is 16.5. The van der Waals surface area contributed by atoms with Gasteiger partial charge in [-0.15, -0.1) is 0 Å². The van der Waals surface area contributed by atoms with Gasteiger partial charge in [0.2, 0.25) is 5.88 Å². The molecule has 3 heteroatoms. The molecule has 17 heavy (non-hydrogen) atoms. The van der Waals surface area contributed by atoms with E-state index in [-0.39, 0.29) is 6.04 Å². The van der Waals surface area contributed by atoms with E-state index < -0.39 is 0 Å². The number of aromatic nitrogens is 1. The molecule has 96 valence electrons. The zero-order valence-electron chi connectivity index (χ0n) is 11.0. The van der Waals surface area contributed by atoms with Gasteiger partial charge in [0.15, 0.2) is 0 Å². The molecule has 0 bridgehead atoms. The van der Waals surface area contributed by atoms with Crippen LogP contribution in [0.1, 0.15) is 57.6 Å². The molecule has 1 aromatic rings. The number of rotatable bonds is 8. The summed E-state index contributed by atoms with van der Waals surface area (Å²) in [4.78, 5) is 4.18. The van der Waals surface area contributed by atoms with Crippen LogP contribution in [0, 0.1) is 0 Å². The van der Waals surface area contributed by atoms with Gasteiger partial charge in [0.25, 0.3) is 0 Å². The molecular formula is C14H24N2O. The van der Waals surface area contributed by atoms with Crippen LogP contribution in [0.2, 0.25) is 0 Å². The molecule has 1 aromatic heterocycles. The zero-order chi connectivity index (χ0) is 12.5. The summed E-state index contributed by atoms with van der Waals surface area (Å²) in [5.74, 6) is 0.690. The summed E-state index contributed by atoms with van der Waals surface area (Å²) in [6.07, 6.45) is 7.99. The molecule has 1 heterocycles. The summed E-state index contributed by atoms with van der Waals surface area (Å²) in [6.45, 7) is 4.93.